The van der Waals surface area contributed by atoms with Crippen molar-refractivity contribution >= 4 is 22.9 Å². The number of piperidine rings is 1. The lowest BCUT2D eigenvalue weighted by Gasteiger charge is -2.30. The maximum atomic E-state index is 12.8. The van der Waals surface area contributed by atoms with Crippen molar-refractivity contribution in [3.05, 3.63) is 40.3 Å². The second kappa shape index (κ2) is 6.43. The number of carboxylic acid groups (broad SMARTS) is 1. The first-order chi connectivity index (χ1) is 11.5. The molecule has 2 aromatic rings. The Hall–Kier alpha value is -2.70. The highest BCUT2D eigenvalue weighted by atomic mass is 16.4. The van der Waals surface area contributed by atoms with Crippen LogP contribution < -0.4 is 5.56 Å². The molecule has 1 N–H and O–H groups in total. The molecular formula is C17H19N3O4. The van der Waals surface area contributed by atoms with Gasteiger partial charge in [-0.3, -0.25) is 19.0 Å². The Morgan fingerprint density at radius 2 is 2.04 bits per heavy atom. The molecule has 0 atom stereocenters. The smallest absolute Gasteiger partial charge is 0.306 e. The van der Waals surface area contributed by atoms with Crippen molar-refractivity contribution in [2.75, 3.05) is 13.1 Å². The van der Waals surface area contributed by atoms with E-state index in [4.69, 9.17) is 5.11 Å². The SMILES string of the molecule is CCn1c(=O)c(C(=O)N2CCC(C(=O)O)CC2)cc2cccnc21. The summed E-state index contributed by atoms with van der Waals surface area (Å²) >= 11 is 0. The molecule has 0 saturated carbocycles. The van der Waals surface area contributed by atoms with Gasteiger partial charge in [-0.15, -0.1) is 0 Å². The van der Waals surface area contributed by atoms with Crippen LogP contribution in [0.25, 0.3) is 11.0 Å². The largest absolute Gasteiger partial charge is 0.481 e. The Morgan fingerprint density at radius 1 is 1.33 bits per heavy atom. The molecule has 7 nitrogen and oxygen atoms in total. The molecular weight excluding hydrogens is 310 g/mol. The quantitative estimate of drug-likeness (QED) is 0.917. The fourth-order valence-corrected chi connectivity index (χ4v) is 3.15. The molecule has 0 spiro atoms. The van der Waals surface area contributed by atoms with Gasteiger partial charge < -0.3 is 10.0 Å². The van der Waals surface area contributed by atoms with E-state index in [0.29, 0.717) is 38.1 Å². The molecule has 1 saturated heterocycles. The van der Waals surface area contributed by atoms with Crippen LogP contribution in [0.4, 0.5) is 0 Å². The minimum absolute atomic E-state index is 0.117. The van der Waals surface area contributed by atoms with Crippen molar-refractivity contribution in [3.8, 4) is 0 Å². The maximum absolute atomic E-state index is 12.8. The number of nitrogens with zero attached hydrogens (tertiary/aromatic N) is 3. The van der Waals surface area contributed by atoms with Gasteiger partial charge in [0.1, 0.15) is 11.2 Å². The summed E-state index contributed by atoms with van der Waals surface area (Å²) in [5.41, 5.74) is 0.325. The van der Waals surface area contributed by atoms with E-state index in [1.54, 1.807) is 23.2 Å². The number of aryl methyl sites for hydroxylation is 1. The van der Waals surface area contributed by atoms with Gasteiger partial charge in [0.25, 0.3) is 11.5 Å². The third-order valence-corrected chi connectivity index (χ3v) is 4.53. The average Bonchev–Trinajstić information content (AvgIpc) is 2.60. The fraction of sp³-hybridized carbons (Fsp3) is 0.412. The summed E-state index contributed by atoms with van der Waals surface area (Å²) in [5, 5.41) is 9.79. The van der Waals surface area contributed by atoms with E-state index in [0.717, 1.165) is 5.39 Å². The van der Waals surface area contributed by atoms with E-state index in [9.17, 15) is 14.4 Å². The van der Waals surface area contributed by atoms with Gasteiger partial charge in [-0.1, -0.05) is 0 Å². The Kier molecular flexibility index (Phi) is 4.33. The zero-order chi connectivity index (χ0) is 17.3. The number of aromatic nitrogens is 2. The number of aliphatic carboxylic acids is 1. The molecule has 3 rings (SSSR count). The van der Waals surface area contributed by atoms with E-state index in [1.807, 2.05) is 13.0 Å². The van der Waals surface area contributed by atoms with E-state index in [1.165, 1.54) is 4.57 Å². The molecule has 1 fully saturated rings. The lowest BCUT2D eigenvalue weighted by atomic mass is 9.96. The molecule has 3 heterocycles. The van der Waals surface area contributed by atoms with E-state index < -0.39 is 11.9 Å². The predicted molar refractivity (Wildman–Crippen MR) is 87.9 cm³/mol. The number of amides is 1. The number of carbonyl (C=O) groups is 2. The number of carbonyl (C=O) groups excluding carboxylic acids is 1. The zero-order valence-corrected chi connectivity index (χ0v) is 13.4. The number of pyridine rings is 2. The van der Waals surface area contributed by atoms with Gasteiger partial charge in [0, 0.05) is 31.2 Å². The van der Waals surface area contributed by atoms with Crippen LogP contribution in [-0.4, -0.2) is 44.5 Å². The normalized spacial score (nSPS) is 15.6. The summed E-state index contributed by atoms with van der Waals surface area (Å²) < 4.78 is 1.49. The molecule has 0 radical (unpaired) electrons. The van der Waals surface area contributed by atoms with E-state index >= 15 is 0 Å². The minimum atomic E-state index is -0.827. The summed E-state index contributed by atoms with van der Waals surface area (Å²) in [6.45, 7) is 2.97. The van der Waals surface area contributed by atoms with Crippen molar-refractivity contribution in [1.29, 1.82) is 0 Å². The molecule has 2 aromatic heterocycles. The Labute approximate surface area is 138 Å². The highest BCUT2D eigenvalue weighted by Gasteiger charge is 2.29. The topological polar surface area (TPSA) is 92.5 Å². The molecule has 7 heteroatoms. The number of hydrogen-bond donors (Lipinski definition) is 1. The molecule has 1 amide bonds. The first-order valence-electron chi connectivity index (χ1n) is 8.03. The van der Waals surface area contributed by atoms with Crippen LogP contribution in [0.15, 0.2) is 29.2 Å². The number of carboxylic acids is 1. The first-order valence-corrected chi connectivity index (χ1v) is 8.03. The van der Waals surface area contributed by atoms with Gasteiger partial charge in [0.05, 0.1) is 5.92 Å². The lowest BCUT2D eigenvalue weighted by Crippen LogP contribution is -2.42. The van der Waals surface area contributed by atoms with Gasteiger partial charge in [0.15, 0.2) is 0 Å². The first kappa shape index (κ1) is 16.2. The molecule has 0 aliphatic carbocycles. The monoisotopic (exact) mass is 329 g/mol. The fourth-order valence-electron chi connectivity index (χ4n) is 3.15. The van der Waals surface area contributed by atoms with Crippen molar-refractivity contribution in [2.24, 2.45) is 5.92 Å². The predicted octanol–water partition coefficient (Wildman–Crippen LogP) is 1.35. The van der Waals surface area contributed by atoms with Crippen LogP contribution >= 0.6 is 0 Å². The van der Waals surface area contributed by atoms with E-state index in [-0.39, 0.29) is 17.0 Å². The highest BCUT2D eigenvalue weighted by Crippen LogP contribution is 2.19. The average molecular weight is 329 g/mol. The Bertz CT molecular complexity index is 851. The van der Waals surface area contributed by atoms with Gasteiger partial charge in [-0.25, -0.2) is 4.98 Å². The number of hydrogen-bond acceptors (Lipinski definition) is 4. The second-order valence-corrected chi connectivity index (χ2v) is 5.93. The van der Waals surface area contributed by atoms with Crippen LogP contribution in [-0.2, 0) is 11.3 Å². The summed E-state index contributed by atoms with van der Waals surface area (Å²) in [5.74, 6) is -1.58. The van der Waals surface area contributed by atoms with Crippen LogP contribution in [0.2, 0.25) is 0 Å². The number of fused-ring (bicyclic) bond motifs is 1. The van der Waals surface area contributed by atoms with Crippen molar-refractivity contribution in [3.63, 3.8) is 0 Å². The van der Waals surface area contributed by atoms with Crippen LogP contribution in [0, 0.1) is 5.92 Å². The molecule has 1 aliphatic heterocycles. The summed E-state index contributed by atoms with van der Waals surface area (Å²) in [6.07, 6.45) is 2.45. The molecule has 24 heavy (non-hydrogen) atoms. The highest BCUT2D eigenvalue weighted by molar-refractivity contribution is 5.97. The summed E-state index contributed by atoms with van der Waals surface area (Å²) in [7, 11) is 0. The Morgan fingerprint density at radius 3 is 2.67 bits per heavy atom. The lowest BCUT2D eigenvalue weighted by molar-refractivity contribution is -0.143. The summed E-state index contributed by atoms with van der Waals surface area (Å²) in [6, 6.07) is 5.17. The second-order valence-electron chi connectivity index (χ2n) is 5.93. The standard InChI is InChI=1S/C17H19N3O4/c1-2-20-14-12(4-3-7-18-14)10-13(16(20)22)15(21)19-8-5-11(6-9-19)17(23)24/h3-4,7,10-11H,2,5-6,8-9H2,1H3,(H,23,24). The molecule has 126 valence electrons. The van der Waals surface area contributed by atoms with Crippen LogP contribution in [0.5, 0.6) is 0 Å². The van der Waals surface area contributed by atoms with Crippen molar-refractivity contribution < 1.29 is 14.7 Å². The number of likely N-dealkylation sites (tertiary alicyclic amines) is 1. The number of rotatable bonds is 3. The van der Waals surface area contributed by atoms with Gasteiger partial charge in [-0.05, 0) is 38.0 Å². The van der Waals surface area contributed by atoms with Gasteiger partial charge in [-0.2, -0.15) is 0 Å². The molecule has 0 unspecified atom stereocenters. The van der Waals surface area contributed by atoms with Crippen molar-refractivity contribution in [1.82, 2.24) is 14.5 Å². The Balaban J connectivity index is 1.95. The van der Waals surface area contributed by atoms with Crippen LogP contribution in [0.1, 0.15) is 30.1 Å². The molecule has 0 aromatic carbocycles. The third kappa shape index (κ3) is 2.77. The van der Waals surface area contributed by atoms with Gasteiger partial charge in [0.2, 0.25) is 0 Å². The van der Waals surface area contributed by atoms with E-state index in [2.05, 4.69) is 4.98 Å². The third-order valence-electron chi connectivity index (χ3n) is 4.53. The van der Waals surface area contributed by atoms with Crippen LogP contribution in [0.3, 0.4) is 0 Å². The molecule has 0 bridgehead atoms. The zero-order valence-electron chi connectivity index (χ0n) is 13.4. The van der Waals surface area contributed by atoms with Crippen molar-refractivity contribution in [2.45, 2.75) is 26.3 Å². The minimum Gasteiger partial charge on any atom is -0.481 e. The molecule has 1 aliphatic rings. The summed E-state index contributed by atoms with van der Waals surface area (Å²) in [4.78, 5) is 42.2. The van der Waals surface area contributed by atoms with Gasteiger partial charge >= 0.3 is 5.97 Å². The maximum Gasteiger partial charge on any atom is 0.306 e.